The number of anilines is 2. The maximum atomic E-state index is 13.0. The summed E-state index contributed by atoms with van der Waals surface area (Å²) in [6.07, 6.45) is 1.59. The molecule has 4 rings (SSSR count). The molecule has 1 N–H and O–H groups in total. The second kappa shape index (κ2) is 7.75. The van der Waals surface area contributed by atoms with Gasteiger partial charge in [-0.25, -0.2) is 4.98 Å². The van der Waals surface area contributed by atoms with Crippen LogP contribution in [0, 0.1) is 0 Å². The highest BCUT2D eigenvalue weighted by Crippen LogP contribution is 2.37. The van der Waals surface area contributed by atoms with Crippen molar-refractivity contribution in [1.29, 1.82) is 0 Å². The minimum atomic E-state index is -0.426. The van der Waals surface area contributed by atoms with Gasteiger partial charge in [0.1, 0.15) is 28.5 Å². The maximum absolute atomic E-state index is 13.0. The van der Waals surface area contributed by atoms with Crippen LogP contribution in [0.25, 0.3) is 0 Å². The molecule has 0 fully saturated rings. The summed E-state index contributed by atoms with van der Waals surface area (Å²) in [6.45, 7) is 0. The van der Waals surface area contributed by atoms with Gasteiger partial charge in [0.15, 0.2) is 0 Å². The van der Waals surface area contributed by atoms with Crippen molar-refractivity contribution < 1.29 is 23.8 Å². The van der Waals surface area contributed by atoms with Crippen LogP contribution in [0.15, 0.2) is 54.7 Å². The topological polar surface area (TPSA) is 90.0 Å². The largest absolute Gasteiger partial charge is 0.496 e. The van der Waals surface area contributed by atoms with Gasteiger partial charge in [0, 0.05) is 18.9 Å². The lowest BCUT2D eigenvalue weighted by Gasteiger charge is -2.15. The molecular weight excluding hydrogens is 386 g/mol. The first-order valence-electron chi connectivity index (χ1n) is 9.10. The van der Waals surface area contributed by atoms with Crippen LogP contribution in [-0.4, -0.2) is 38.1 Å². The number of hydrogen-bond acceptors (Lipinski definition) is 6. The second-order valence-electron chi connectivity index (χ2n) is 6.50. The van der Waals surface area contributed by atoms with Gasteiger partial charge in [-0.2, -0.15) is 0 Å². The normalized spacial score (nSPS) is 12.2. The molecule has 0 bridgehead atoms. The van der Waals surface area contributed by atoms with Crippen LogP contribution in [-0.2, 0) is 0 Å². The maximum Gasteiger partial charge on any atom is 0.263 e. The third-order valence-corrected chi connectivity index (χ3v) is 4.75. The van der Waals surface area contributed by atoms with Gasteiger partial charge < -0.3 is 24.4 Å². The number of fused-ring (bicyclic) bond motifs is 2. The molecule has 2 amide bonds. The number of rotatable bonds is 4. The molecule has 0 unspecified atom stereocenters. The van der Waals surface area contributed by atoms with Crippen LogP contribution in [0.5, 0.6) is 23.1 Å². The summed E-state index contributed by atoms with van der Waals surface area (Å²) >= 11 is 0. The molecule has 0 spiro atoms. The fourth-order valence-corrected chi connectivity index (χ4v) is 3.24. The summed E-state index contributed by atoms with van der Waals surface area (Å²) in [5, 5.41) is 2.79. The monoisotopic (exact) mass is 405 g/mol. The van der Waals surface area contributed by atoms with Crippen LogP contribution >= 0.6 is 0 Å². The molecule has 2 heterocycles. The molecule has 2 aromatic carbocycles. The van der Waals surface area contributed by atoms with Crippen LogP contribution in [0.2, 0.25) is 0 Å². The van der Waals surface area contributed by atoms with Gasteiger partial charge in [-0.3, -0.25) is 9.59 Å². The van der Waals surface area contributed by atoms with Crippen molar-refractivity contribution in [2.45, 2.75) is 0 Å². The zero-order chi connectivity index (χ0) is 21.3. The van der Waals surface area contributed by atoms with Crippen molar-refractivity contribution in [2.24, 2.45) is 0 Å². The molecule has 1 aromatic heterocycles. The average Bonchev–Trinajstić information content (AvgIpc) is 2.88. The molecule has 1 aliphatic heterocycles. The minimum absolute atomic E-state index is 0.258. The number of carbonyl (C=O) groups excluding carboxylic acids is 2. The molecule has 0 saturated heterocycles. The Bertz CT molecular complexity index is 1120. The Morgan fingerprint density at radius 3 is 2.50 bits per heavy atom. The zero-order valence-electron chi connectivity index (χ0n) is 16.6. The Hall–Kier alpha value is -4.07. The van der Waals surface area contributed by atoms with Crippen molar-refractivity contribution in [1.82, 2.24) is 4.98 Å². The number of nitrogens with zero attached hydrogens (tertiary/aromatic N) is 2. The van der Waals surface area contributed by atoms with E-state index >= 15 is 0 Å². The van der Waals surface area contributed by atoms with Crippen molar-refractivity contribution >= 4 is 23.2 Å². The van der Waals surface area contributed by atoms with Gasteiger partial charge in [-0.1, -0.05) is 6.07 Å². The van der Waals surface area contributed by atoms with Crippen molar-refractivity contribution in [3.63, 3.8) is 0 Å². The first-order chi connectivity index (χ1) is 14.5. The Morgan fingerprint density at radius 1 is 1.07 bits per heavy atom. The SMILES string of the molecule is COc1cccc(OC)c1C(=O)Nc1ccc2c(c1)C(=O)N(C)c1cccnc1O2. The van der Waals surface area contributed by atoms with Gasteiger partial charge in [-0.15, -0.1) is 0 Å². The zero-order valence-corrected chi connectivity index (χ0v) is 16.6. The molecule has 0 aliphatic carbocycles. The van der Waals surface area contributed by atoms with E-state index in [4.69, 9.17) is 14.2 Å². The summed E-state index contributed by atoms with van der Waals surface area (Å²) in [6, 6.07) is 13.4. The molecular formula is C22H19N3O5. The lowest BCUT2D eigenvalue weighted by Crippen LogP contribution is -2.25. The highest BCUT2D eigenvalue weighted by Gasteiger charge is 2.27. The van der Waals surface area contributed by atoms with E-state index in [0.717, 1.165) is 0 Å². The summed E-state index contributed by atoms with van der Waals surface area (Å²) < 4.78 is 16.4. The fourth-order valence-electron chi connectivity index (χ4n) is 3.24. The van der Waals surface area contributed by atoms with E-state index in [-0.39, 0.29) is 11.5 Å². The standard InChI is InChI=1S/C22H19N3O5/c1-25-15-6-5-11-23-21(15)30-16-10-9-13(12-14(16)22(25)27)24-20(26)19-17(28-2)7-4-8-18(19)29-3/h4-12H,1-3H3,(H,24,26). The molecule has 30 heavy (non-hydrogen) atoms. The second-order valence-corrected chi connectivity index (χ2v) is 6.50. The lowest BCUT2D eigenvalue weighted by atomic mass is 10.1. The number of aromatic nitrogens is 1. The molecule has 152 valence electrons. The van der Waals surface area contributed by atoms with Crippen molar-refractivity contribution in [2.75, 3.05) is 31.5 Å². The van der Waals surface area contributed by atoms with Crippen LogP contribution < -0.4 is 24.4 Å². The first-order valence-corrected chi connectivity index (χ1v) is 9.10. The van der Waals surface area contributed by atoms with Gasteiger partial charge >= 0.3 is 0 Å². The summed E-state index contributed by atoms with van der Waals surface area (Å²) in [5.41, 5.74) is 1.55. The summed E-state index contributed by atoms with van der Waals surface area (Å²) in [7, 11) is 4.60. The molecule has 8 nitrogen and oxygen atoms in total. The molecule has 0 atom stereocenters. The smallest absolute Gasteiger partial charge is 0.263 e. The number of ether oxygens (including phenoxy) is 3. The predicted octanol–water partition coefficient (Wildman–Crippen LogP) is 3.73. The number of methoxy groups -OCH3 is 2. The third kappa shape index (κ3) is 3.28. The van der Waals surface area contributed by atoms with E-state index in [2.05, 4.69) is 10.3 Å². The number of nitrogens with one attached hydrogen (secondary N) is 1. The number of hydrogen-bond donors (Lipinski definition) is 1. The fraction of sp³-hybridized carbons (Fsp3) is 0.136. The number of pyridine rings is 1. The Kier molecular flexibility index (Phi) is 4.97. The third-order valence-electron chi connectivity index (χ3n) is 4.75. The van der Waals surface area contributed by atoms with E-state index in [9.17, 15) is 9.59 Å². The van der Waals surface area contributed by atoms with E-state index < -0.39 is 5.91 Å². The average molecular weight is 405 g/mol. The summed E-state index contributed by atoms with van der Waals surface area (Å²) in [5.74, 6) is 0.747. The minimum Gasteiger partial charge on any atom is -0.496 e. The first kappa shape index (κ1) is 19.3. The number of amides is 2. The number of carbonyl (C=O) groups is 2. The molecule has 0 radical (unpaired) electrons. The quantitative estimate of drug-likeness (QED) is 0.711. The van der Waals surface area contributed by atoms with Gasteiger partial charge in [-0.05, 0) is 42.5 Å². The van der Waals surface area contributed by atoms with Crippen LogP contribution in [0.1, 0.15) is 20.7 Å². The number of benzene rings is 2. The van der Waals surface area contributed by atoms with Gasteiger partial charge in [0.2, 0.25) is 5.88 Å². The van der Waals surface area contributed by atoms with Gasteiger partial charge in [0.05, 0.1) is 19.8 Å². The Balaban J connectivity index is 1.68. The van der Waals surface area contributed by atoms with E-state index in [1.165, 1.54) is 19.1 Å². The van der Waals surface area contributed by atoms with E-state index in [0.29, 0.717) is 40.1 Å². The highest BCUT2D eigenvalue weighted by atomic mass is 16.5. The highest BCUT2D eigenvalue weighted by molar-refractivity contribution is 6.11. The van der Waals surface area contributed by atoms with E-state index in [1.54, 1.807) is 61.8 Å². The lowest BCUT2D eigenvalue weighted by molar-refractivity contribution is 0.0989. The molecule has 0 saturated carbocycles. The molecule has 1 aliphatic rings. The van der Waals surface area contributed by atoms with E-state index in [1.807, 2.05) is 0 Å². The Morgan fingerprint density at radius 2 is 1.80 bits per heavy atom. The van der Waals surface area contributed by atoms with Gasteiger partial charge in [0.25, 0.3) is 11.8 Å². The predicted molar refractivity (Wildman–Crippen MR) is 111 cm³/mol. The van der Waals surface area contributed by atoms with Crippen LogP contribution in [0.4, 0.5) is 11.4 Å². The molecule has 8 heteroatoms. The van der Waals surface area contributed by atoms with Crippen LogP contribution in [0.3, 0.4) is 0 Å². The van der Waals surface area contributed by atoms with Crippen molar-refractivity contribution in [3.05, 3.63) is 65.9 Å². The Labute approximate surface area is 173 Å². The van der Waals surface area contributed by atoms with Crippen molar-refractivity contribution in [3.8, 4) is 23.1 Å². The summed E-state index contributed by atoms with van der Waals surface area (Å²) in [4.78, 5) is 31.6. The molecule has 3 aromatic rings.